The third-order valence-electron chi connectivity index (χ3n) is 2.92. The minimum Gasteiger partial charge on any atom is -0.461 e. The van der Waals surface area contributed by atoms with Gasteiger partial charge >= 0.3 is 5.97 Å². The van der Waals surface area contributed by atoms with Crippen molar-refractivity contribution in [2.75, 3.05) is 0 Å². The Morgan fingerprint density at radius 1 is 1.40 bits per heavy atom. The van der Waals surface area contributed by atoms with E-state index in [2.05, 4.69) is 0 Å². The summed E-state index contributed by atoms with van der Waals surface area (Å²) in [6.45, 7) is 5.37. The zero-order valence-electron chi connectivity index (χ0n) is 9.79. The Bertz CT molecular complexity index is 243. The quantitative estimate of drug-likeness (QED) is 0.635. The molecule has 0 bridgehead atoms. The van der Waals surface area contributed by atoms with Crippen LogP contribution in [0.1, 0.15) is 46.5 Å². The lowest BCUT2D eigenvalue weighted by Crippen LogP contribution is -2.26. The van der Waals surface area contributed by atoms with E-state index in [1.165, 1.54) is 0 Å². The zero-order chi connectivity index (χ0) is 11.4. The highest BCUT2D eigenvalue weighted by molar-refractivity contribution is 5.77. The van der Waals surface area contributed by atoms with Crippen LogP contribution in [0.2, 0.25) is 0 Å². The molecule has 2 atom stereocenters. The van der Waals surface area contributed by atoms with Gasteiger partial charge in [-0.3, -0.25) is 9.59 Å². The van der Waals surface area contributed by atoms with Gasteiger partial charge < -0.3 is 4.74 Å². The van der Waals surface area contributed by atoms with E-state index in [1.54, 1.807) is 6.92 Å². The number of hydrogen-bond acceptors (Lipinski definition) is 3. The summed E-state index contributed by atoms with van der Waals surface area (Å²) in [5.74, 6) is 0.319. The average molecular weight is 212 g/mol. The Kier molecular flexibility index (Phi) is 4.30. The topological polar surface area (TPSA) is 43.4 Å². The summed E-state index contributed by atoms with van der Waals surface area (Å²) in [5, 5.41) is 0. The van der Waals surface area contributed by atoms with Crippen molar-refractivity contribution < 1.29 is 14.3 Å². The minimum absolute atomic E-state index is 0.0572. The first-order valence-corrected chi connectivity index (χ1v) is 5.74. The normalized spacial score (nSPS) is 19.4. The molecule has 0 amide bonds. The van der Waals surface area contributed by atoms with Crippen molar-refractivity contribution in [3.8, 4) is 0 Å². The highest BCUT2D eigenvalue weighted by Crippen LogP contribution is 2.36. The van der Waals surface area contributed by atoms with Crippen LogP contribution in [-0.4, -0.2) is 17.9 Å². The van der Waals surface area contributed by atoms with Gasteiger partial charge in [-0.2, -0.15) is 0 Å². The van der Waals surface area contributed by atoms with E-state index in [0.29, 0.717) is 12.3 Å². The van der Waals surface area contributed by atoms with Crippen molar-refractivity contribution in [1.29, 1.82) is 0 Å². The molecule has 0 radical (unpaired) electrons. The van der Waals surface area contributed by atoms with Crippen LogP contribution in [0.25, 0.3) is 0 Å². The maximum Gasteiger partial charge on any atom is 0.308 e. The lowest BCUT2D eigenvalue weighted by Gasteiger charge is -2.18. The fourth-order valence-corrected chi connectivity index (χ4v) is 1.49. The van der Waals surface area contributed by atoms with Crippen molar-refractivity contribution in [3.63, 3.8) is 0 Å². The van der Waals surface area contributed by atoms with Crippen LogP contribution in [0.15, 0.2) is 0 Å². The van der Waals surface area contributed by atoms with E-state index in [9.17, 15) is 9.59 Å². The number of esters is 1. The molecule has 86 valence electrons. The van der Waals surface area contributed by atoms with Gasteiger partial charge in [-0.1, -0.05) is 13.8 Å². The van der Waals surface area contributed by atoms with Gasteiger partial charge in [-0.25, -0.2) is 0 Å². The first-order valence-electron chi connectivity index (χ1n) is 5.74. The van der Waals surface area contributed by atoms with E-state index in [4.69, 9.17) is 4.74 Å². The van der Waals surface area contributed by atoms with Crippen LogP contribution < -0.4 is 0 Å². The summed E-state index contributed by atoms with van der Waals surface area (Å²) < 4.78 is 5.38. The molecule has 0 N–H and O–H groups in total. The molecule has 0 heterocycles. The number of ether oxygens (including phenoxy) is 1. The highest BCUT2D eigenvalue weighted by atomic mass is 16.5. The molecule has 0 aliphatic heterocycles. The van der Waals surface area contributed by atoms with Crippen molar-refractivity contribution in [1.82, 2.24) is 0 Å². The molecule has 0 aromatic carbocycles. The smallest absolute Gasteiger partial charge is 0.308 e. The Hall–Kier alpha value is -0.860. The van der Waals surface area contributed by atoms with E-state index in [0.717, 1.165) is 19.3 Å². The maximum atomic E-state index is 11.6. The Morgan fingerprint density at radius 3 is 2.40 bits per heavy atom. The Balaban J connectivity index is 2.43. The number of rotatable bonds is 6. The van der Waals surface area contributed by atoms with Gasteiger partial charge in [0.1, 0.15) is 11.9 Å². The molecule has 0 spiro atoms. The van der Waals surface area contributed by atoms with Gasteiger partial charge in [-0.15, -0.1) is 0 Å². The van der Waals surface area contributed by atoms with E-state index in [-0.39, 0.29) is 23.8 Å². The third kappa shape index (κ3) is 4.02. The molecule has 0 aromatic rings. The van der Waals surface area contributed by atoms with E-state index in [1.807, 2.05) is 13.8 Å². The summed E-state index contributed by atoms with van der Waals surface area (Å²) in [6, 6.07) is 0. The monoisotopic (exact) mass is 212 g/mol. The highest BCUT2D eigenvalue weighted by Gasteiger charge is 2.35. The number of ketones is 1. The third-order valence-corrected chi connectivity index (χ3v) is 2.92. The van der Waals surface area contributed by atoms with Gasteiger partial charge in [0.05, 0.1) is 5.92 Å². The molecular weight excluding hydrogens is 192 g/mol. The van der Waals surface area contributed by atoms with Crippen LogP contribution in [0.3, 0.4) is 0 Å². The average Bonchev–Trinajstić information content (AvgIpc) is 2.97. The second-order valence-electron chi connectivity index (χ2n) is 4.53. The maximum absolute atomic E-state index is 11.6. The second kappa shape index (κ2) is 5.29. The van der Waals surface area contributed by atoms with Crippen molar-refractivity contribution >= 4 is 11.8 Å². The van der Waals surface area contributed by atoms with Crippen LogP contribution in [0.5, 0.6) is 0 Å². The predicted molar refractivity (Wildman–Crippen MR) is 57.4 cm³/mol. The molecular formula is C12H20O3. The molecule has 3 nitrogen and oxygen atoms in total. The number of hydrogen-bond donors (Lipinski definition) is 0. The first-order chi connectivity index (χ1) is 7.04. The van der Waals surface area contributed by atoms with Crippen LogP contribution in [0.4, 0.5) is 0 Å². The summed E-state index contributed by atoms with van der Waals surface area (Å²) in [5.41, 5.74) is 0. The van der Waals surface area contributed by atoms with Crippen LogP contribution >= 0.6 is 0 Å². The van der Waals surface area contributed by atoms with Crippen molar-refractivity contribution in [2.45, 2.75) is 52.6 Å². The molecule has 1 fully saturated rings. The second-order valence-corrected chi connectivity index (χ2v) is 4.53. The predicted octanol–water partition coefficient (Wildman–Crippen LogP) is 2.33. The van der Waals surface area contributed by atoms with Crippen LogP contribution in [0, 0.1) is 11.8 Å². The molecule has 15 heavy (non-hydrogen) atoms. The zero-order valence-corrected chi connectivity index (χ0v) is 9.79. The van der Waals surface area contributed by atoms with Gasteiger partial charge in [0, 0.05) is 6.42 Å². The van der Waals surface area contributed by atoms with Gasteiger partial charge in [0.25, 0.3) is 0 Å². The van der Waals surface area contributed by atoms with Crippen molar-refractivity contribution in [2.24, 2.45) is 11.8 Å². The summed E-state index contributed by atoms with van der Waals surface area (Å²) in [6.07, 6.45) is 3.18. The molecule has 2 unspecified atom stereocenters. The SMILES string of the molecule is CCC(C)C(=O)OC(CC(C)=O)C1CC1. The van der Waals surface area contributed by atoms with Gasteiger partial charge in [0.15, 0.2) is 0 Å². The molecule has 3 heteroatoms. The molecule has 1 aliphatic rings. The Labute approximate surface area is 91.2 Å². The molecule has 1 saturated carbocycles. The summed E-state index contributed by atoms with van der Waals surface area (Å²) in [7, 11) is 0. The number of carbonyl (C=O) groups excluding carboxylic acids is 2. The summed E-state index contributed by atoms with van der Waals surface area (Å²) >= 11 is 0. The van der Waals surface area contributed by atoms with Gasteiger partial charge in [0.2, 0.25) is 0 Å². The lowest BCUT2D eigenvalue weighted by molar-refractivity contribution is -0.155. The first kappa shape index (κ1) is 12.2. The number of Topliss-reactive ketones (excluding diaryl/α,β-unsaturated/α-hetero) is 1. The standard InChI is InChI=1S/C12H20O3/c1-4-8(2)12(14)15-11(7-9(3)13)10-5-6-10/h8,10-11H,4-7H2,1-3H3. The fraction of sp³-hybridized carbons (Fsp3) is 0.833. The van der Waals surface area contributed by atoms with Crippen molar-refractivity contribution in [3.05, 3.63) is 0 Å². The van der Waals surface area contributed by atoms with E-state index >= 15 is 0 Å². The molecule has 0 saturated heterocycles. The summed E-state index contributed by atoms with van der Waals surface area (Å²) in [4.78, 5) is 22.6. The van der Waals surface area contributed by atoms with Gasteiger partial charge in [-0.05, 0) is 32.1 Å². The minimum atomic E-state index is -0.163. The van der Waals surface area contributed by atoms with E-state index < -0.39 is 0 Å². The number of carbonyl (C=O) groups is 2. The molecule has 0 aromatic heterocycles. The lowest BCUT2D eigenvalue weighted by atomic mass is 10.1. The Morgan fingerprint density at radius 2 is 2.00 bits per heavy atom. The molecule has 1 aliphatic carbocycles. The van der Waals surface area contributed by atoms with Crippen LogP contribution in [-0.2, 0) is 14.3 Å². The largest absolute Gasteiger partial charge is 0.461 e. The molecule has 1 rings (SSSR count). The fourth-order valence-electron chi connectivity index (χ4n) is 1.49.